The largest absolute Gasteiger partial charge is 0.488 e. The summed E-state index contributed by atoms with van der Waals surface area (Å²) in [6.45, 7) is 1.10. The highest BCUT2D eigenvalue weighted by Gasteiger charge is 2.07. The number of carbonyl (C=O) groups is 1. The van der Waals surface area contributed by atoms with Crippen molar-refractivity contribution in [2.24, 2.45) is 0 Å². The number of benzene rings is 3. The van der Waals surface area contributed by atoms with Gasteiger partial charge in [-0.15, -0.1) is 0 Å². The van der Waals surface area contributed by atoms with Crippen LogP contribution in [0.2, 0.25) is 0 Å². The lowest BCUT2D eigenvalue weighted by molar-refractivity contribution is 0.102. The van der Waals surface area contributed by atoms with Crippen LogP contribution in [0.15, 0.2) is 94.1 Å². The van der Waals surface area contributed by atoms with Crippen LogP contribution in [0, 0.1) is 0 Å². The second-order valence-corrected chi connectivity index (χ2v) is 8.69. The molecule has 0 aliphatic carbocycles. The van der Waals surface area contributed by atoms with Crippen molar-refractivity contribution in [3.05, 3.63) is 111 Å². The van der Waals surface area contributed by atoms with E-state index in [2.05, 4.69) is 42.3 Å². The fourth-order valence-corrected chi connectivity index (χ4v) is 3.71. The van der Waals surface area contributed by atoms with Gasteiger partial charge in [0.2, 0.25) is 0 Å². The van der Waals surface area contributed by atoms with Gasteiger partial charge >= 0.3 is 0 Å². The SMILES string of the molecule is O=C(Nc1ccc(Cn2cc(Br)cn2)cc1)c1ccc(COc2ccccc2Br)cc1. The number of rotatable bonds is 7. The second kappa shape index (κ2) is 9.94. The Bertz CT molecular complexity index is 1170. The molecule has 1 aromatic heterocycles. The minimum absolute atomic E-state index is 0.151. The fourth-order valence-electron chi connectivity index (χ4n) is 2.98. The molecule has 0 saturated carbocycles. The third-order valence-electron chi connectivity index (χ3n) is 4.61. The Balaban J connectivity index is 1.32. The summed E-state index contributed by atoms with van der Waals surface area (Å²) in [5, 5.41) is 7.18. The van der Waals surface area contributed by atoms with E-state index >= 15 is 0 Å². The molecule has 4 aromatic rings. The first kappa shape index (κ1) is 21.3. The molecule has 0 spiro atoms. The monoisotopic (exact) mass is 539 g/mol. The Labute approximate surface area is 197 Å². The zero-order valence-corrected chi connectivity index (χ0v) is 19.6. The molecule has 0 saturated heterocycles. The first-order valence-corrected chi connectivity index (χ1v) is 11.2. The highest BCUT2D eigenvalue weighted by molar-refractivity contribution is 9.10. The van der Waals surface area contributed by atoms with Crippen LogP contribution in [0.3, 0.4) is 0 Å². The number of aromatic nitrogens is 2. The molecule has 5 nitrogen and oxygen atoms in total. The van der Waals surface area contributed by atoms with Crippen LogP contribution in [0.4, 0.5) is 5.69 Å². The summed E-state index contributed by atoms with van der Waals surface area (Å²) in [6, 6.07) is 22.9. The first-order valence-electron chi connectivity index (χ1n) is 9.61. The van der Waals surface area contributed by atoms with Crippen molar-refractivity contribution >= 4 is 43.5 Å². The standard InChI is InChI=1S/C24H19Br2N3O2/c25-20-13-27-29(15-20)14-17-7-11-21(12-8-17)28-24(30)19-9-5-18(6-10-19)16-31-23-4-2-1-3-22(23)26/h1-13,15H,14,16H2,(H,28,30). The van der Waals surface area contributed by atoms with Gasteiger partial charge in [0, 0.05) is 17.4 Å². The first-order chi connectivity index (χ1) is 15.1. The predicted octanol–water partition coefficient (Wildman–Crippen LogP) is 6.29. The van der Waals surface area contributed by atoms with E-state index in [9.17, 15) is 4.79 Å². The Morgan fingerprint density at radius 2 is 1.65 bits per heavy atom. The highest BCUT2D eigenvalue weighted by atomic mass is 79.9. The molecule has 3 aromatic carbocycles. The molecular weight excluding hydrogens is 522 g/mol. The maximum Gasteiger partial charge on any atom is 0.255 e. The molecule has 0 radical (unpaired) electrons. The Morgan fingerprint density at radius 1 is 0.935 bits per heavy atom. The van der Waals surface area contributed by atoms with Crippen molar-refractivity contribution in [3.63, 3.8) is 0 Å². The normalized spacial score (nSPS) is 10.6. The minimum Gasteiger partial charge on any atom is -0.488 e. The van der Waals surface area contributed by atoms with Crippen molar-refractivity contribution < 1.29 is 9.53 Å². The van der Waals surface area contributed by atoms with Crippen molar-refractivity contribution in [1.29, 1.82) is 0 Å². The third kappa shape index (κ3) is 5.83. The van der Waals surface area contributed by atoms with Gasteiger partial charge in [-0.1, -0.05) is 36.4 Å². The molecule has 0 atom stereocenters. The van der Waals surface area contributed by atoms with E-state index in [1.807, 2.05) is 71.5 Å². The Hall–Kier alpha value is -2.90. The van der Waals surface area contributed by atoms with E-state index in [0.717, 1.165) is 31.5 Å². The van der Waals surface area contributed by atoms with E-state index in [-0.39, 0.29) is 5.91 Å². The van der Waals surface area contributed by atoms with Gasteiger partial charge in [0.15, 0.2) is 0 Å². The van der Waals surface area contributed by atoms with Crippen LogP contribution in [-0.4, -0.2) is 15.7 Å². The number of carbonyl (C=O) groups excluding carboxylic acids is 1. The Morgan fingerprint density at radius 3 is 2.32 bits per heavy atom. The van der Waals surface area contributed by atoms with Crippen LogP contribution < -0.4 is 10.1 Å². The van der Waals surface area contributed by atoms with Crippen LogP contribution in [0.25, 0.3) is 0 Å². The average Bonchev–Trinajstić information content (AvgIpc) is 3.19. The molecule has 0 aliphatic rings. The molecule has 0 fully saturated rings. The van der Waals surface area contributed by atoms with Crippen LogP contribution in [-0.2, 0) is 13.2 Å². The molecule has 0 aliphatic heterocycles. The van der Waals surface area contributed by atoms with Gasteiger partial charge in [0.1, 0.15) is 12.4 Å². The van der Waals surface area contributed by atoms with E-state index in [1.54, 1.807) is 18.3 Å². The number of amides is 1. The number of anilines is 1. The molecule has 7 heteroatoms. The lowest BCUT2D eigenvalue weighted by atomic mass is 10.1. The van der Waals surface area contributed by atoms with Gasteiger partial charge in [-0.25, -0.2) is 0 Å². The number of hydrogen-bond donors (Lipinski definition) is 1. The lowest BCUT2D eigenvalue weighted by Crippen LogP contribution is -2.12. The van der Waals surface area contributed by atoms with Gasteiger partial charge in [-0.2, -0.15) is 5.10 Å². The summed E-state index contributed by atoms with van der Waals surface area (Å²) in [5.74, 6) is 0.634. The molecular formula is C24H19Br2N3O2. The van der Waals surface area contributed by atoms with E-state index in [4.69, 9.17) is 4.74 Å². The summed E-state index contributed by atoms with van der Waals surface area (Å²) in [7, 11) is 0. The molecule has 4 rings (SSSR count). The molecule has 31 heavy (non-hydrogen) atoms. The average molecular weight is 541 g/mol. The fraction of sp³-hybridized carbons (Fsp3) is 0.0833. The molecule has 1 amide bonds. The van der Waals surface area contributed by atoms with Crippen molar-refractivity contribution in [1.82, 2.24) is 9.78 Å². The maximum absolute atomic E-state index is 12.6. The summed E-state index contributed by atoms with van der Waals surface area (Å²) >= 11 is 6.86. The van der Waals surface area contributed by atoms with Crippen molar-refractivity contribution in [3.8, 4) is 5.75 Å². The number of nitrogens with one attached hydrogen (secondary N) is 1. The molecule has 156 valence electrons. The summed E-state index contributed by atoms with van der Waals surface area (Å²) < 4.78 is 9.52. The van der Waals surface area contributed by atoms with Crippen LogP contribution in [0.1, 0.15) is 21.5 Å². The van der Waals surface area contributed by atoms with E-state index in [0.29, 0.717) is 18.7 Å². The third-order valence-corrected chi connectivity index (χ3v) is 5.67. The van der Waals surface area contributed by atoms with Gasteiger partial charge < -0.3 is 10.1 Å². The summed E-state index contributed by atoms with van der Waals surface area (Å²) in [5.41, 5.74) is 3.43. The molecule has 0 unspecified atom stereocenters. The topological polar surface area (TPSA) is 56.2 Å². The van der Waals surface area contributed by atoms with Crippen LogP contribution in [0.5, 0.6) is 5.75 Å². The van der Waals surface area contributed by atoms with Gasteiger partial charge in [0.25, 0.3) is 5.91 Å². The number of halogens is 2. The number of ether oxygens (including phenoxy) is 1. The lowest BCUT2D eigenvalue weighted by Gasteiger charge is -2.09. The smallest absolute Gasteiger partial charge is 0.255 e. The number of hydrogen-bond acceptors (Lipinski definition) is 3. The predicted molar refractivity (Wildman–Crippen MR) is 128 cm³/mol. The van der Waals surface area contributed by atoms with E-state index < -0.39 is 0 Å². The summed E-state index contributed by atoms with van der Waals surface area (Å²) in [6.07, 6.45) is 3.68. The zero-order chi connectivity index (χ0) is 21.6. The summed E-state index contributed by atoms with van der Waals surface area (Å²) in [4.78, 5) is 12.6. The van der Waals surface area contributed by atoms with Gasteiger partial charge in [-0.05, 0) is 79.4 Å². The van der Waals surface area contributed by atoms with Crippen molar-refractivity contribution in [2.75, 3.05) is 5.32 Å². The second-order valence-electron chi connectivity index (χ2n) is 6.92. The highest BCUT2D eigenvalue weighted by Crippen LogP contribution is 2.24. The Kier molecular flexibility index (Phi) is 6.84. The van der Waals surface area contributed by atoms with E-state index in [1.165, 1.54) is 0 Å². The molecule has 1 N–H and O–H groups in total. The number of para-hydroxylation sites is 1. The minimum atomic E-state index is -0.151. The quantitative estimate of drug-likeness (QED) is 0.300. The maximum atomic E-state index is 12.6. The van der Waals surface area contributed by atoms with Crippen LogP contribution >= 0.6 is 31.9 Å². The number of nitrogens with zero attached hydrogens (tertiary/aromatic N) is 2. The van der Waals surface area contributed by atoms with Gasteiger partial charge in [-0.3, -0.25) is 9.48 Å². The molecule has 1 heterocycles. The van der Waals surface area contributed by atoms with Gasteiger partial charge in [0.05, 0.1) is 21.7 Å². The molecule has 0 bridgehead atoms. The van der Waals surface area contributed by atoms with Crippen molar-refractivity contribution in [2.45, 2.75) is 13.2 Å². The zero-order valence-electron chi connectivity index (χ0n) is 16.5.